The average Bonchev–Trinajstić information content (AvgIpc) is 2.52. The van der Waals surface area contributed by atoms with Crippen LogP contribution in [0.3, 0.4) is 0 Å². The van der Waals surface area contributed by atoms with Crippen molar-refractivity contribution in [2.24, 2.45) is 0 Å². The Morgan fingerprint density at radius 1 is 1.44 bits per heavy atom. The number of methoxy groups -OCH3 is 1. The summed E-state index contributed by atoms with van der Waals surface area (Å²) in [6.07, 6.45) is 0. The fraction of sp³-hybridized carbons (Fsp3) is 0.455. The Morgan fingerprint density at radius 3 is 2.94 bits per heavy atom. The van der Waals surface area contributed by atoms with Crippen LogP contribution in [0.2, 0.25) is 0 Å². The van der Waals surface area contributed by atoms with Crippen LogP contribution in [0, 0.1) is 0 Å². The van der Waals surface area contributed by atoms with Crippen molar-refractivity contribution in [3.05, 3.63) is 29.8 Å². The molecule has 1 atom stereocenters. The molecule has 0 saturated heterocycles. The summed E-state index contributed by atoms with van der Waals surface area (Å²) in [5, 5.41) is 3.19. The summed E-state index contributed by atoms with van der Waals surface area (Å²) in [6, 6.07) is 7.06. The second kappa shape index (κ2) is 4.53. The Morgan fingerprint density at radius 2 is 2.19 bits per heavy atom. The van der Waals surface area contributed by atoms with Crippen molar-refractivity contribution in [3.8, 4) is 0 Å². The van der Waals surface area contributed by atoms with Crippen LogP contribution in [0.1, 0.15) is 11.6 Å². The van der Waals surface area contributed by atoms with Gasteiger partial charge in [-0.2, -0.15) is 0 Å². The van der Waals surface area contributed by atoms with Gasteiger partial charge in [-0.1, -0.05) is 18.2 Å². The maximum Gasteiger partial charge on any atom is 0.180 e. The number of hydrogen-bond acceptors (Lipinski definition) is 4. The van der Waals surface area contributed by atoms with E-state index in [2.05, 4.69) is 5.32 Å². The summed E-state index contributed by atoms with van der Waals surface area (Å²) in [5.41, 5.74) is 0.874. The first-order chi connectivity index (χ1) is 7.65. The van der Waals surface area contributed by atoms with Crippen molar-refractivity contribution in [1.82, 2.24) is 5.32 Å². The van der Waals surface area contributed by atoms with Crippen molar-refractivity contribution in [3.63, 3.8) is 0 Å². The highest BCUT2D eigenvalue weighted by Crippen LogP contribution is 2.32. The molecule has 0 radical (unpaired) electrons. The van der Waals surface area contributed by atoms with Crippen molar-refractivity contribution in [1.29, 1.82) is 0 Å². The molecule has 5 heteroatoms. The second-order valence-corrected chi connectivity index (χ2v) is 5.82. The van der Waals surface area contributed by atoms with Crippen LogP contribution in [-0.2, 0) is 14.6 Å². The lowest BCUT2D eigenvalue weighted by Gasteiger charge is -2.11. The predicted molar refractivity (Wildman–Crippen MR) is 61.1 cm³/mol. The summed E-state index contributed by atoms with van der Waals surface area (Å²) in [7, 11) is -1.47. The fourth-order valence-electron chi connectivity index (χ4n) is 1.95. The zero-order valence-corrected chi connectivity index (χ0v) is 9.96. The van der Waals surface area contributed by atoms with Gasteiger partial charge in [-0.25, -0.2) is 8.42 Å². The molecule has 0 aromatic heterocycles. The third-order valence-corrected chi connectivity index (χ3v) is 4.53. The molecule has 1 aromatic rings. The lowest BCUT2D eigenvalue weighted by atomic mass is 10.1. The SMILES string of the molecule is COCCNC1CS(=O)(=O)c2ccccc21. The van der Waals surface area contributed by atoms with Crippen LogP contribution in [0.4, 0.5) is 0 Å². The van der Waals surface area contributed by atoms with E-state index >= 15 is 0 Å². The minimum atomic E-state index is -3.10. The van der Waals surface area contributed by atoms with E-state index in [1.165, 1.54) is 0 Å². The zero-order valence-electron chi connectivity index (χ0n) is 9.14. The van der Waals surface area contributed by atoms with E-state index in [0.29, 0.717) is 18.0 Å². The quantitative estimate of drug-likeness (QED) is 0.790. The third-order valence-electron chi connectivity index (χ3n) is 2.71. The van der Waals surface area contributed by atoms with Gasteiger partial charge in [0.2, 0.25) is 0 Å². The molecule has 88 valence electrons. The van der Waals surface area contributed by atoms with E-state index in [9.17, 15) is 8.42 Å². The molecule has 16 heavy (non-hydrogen) atoms. The number of sulfone groups is 1. The van der Waals surface area contributed by atoms with E-state index in [4.69, 9.17) is 4.74 Å². The Balaban J connectivity index is 2.20. The van der Waals surface area contributed by atoms with E-state index in [-0.39, 0.29) is 11.8 Å². The number of hydrogen-bond donors (Lipinski definition) is 1. The van der Waals surface area contributed by atoms with E-state index in [0.717, 1.165) is 5.56 Å². The second-order valence-electron chi connectivity index (χ2n) is 3.82. The number of rotatable bonds is 4. The zero-order chi connectivity index (χ0) is 11.6. The molecule has 1 N–H and O–H groups in total. The highest BCUT2D eigenvalue weighted by molar-refractivity contribution is 7.91. The summed E-state index contributed by atoms with van der Waals surface area (Å²) in [6.45, 7) is 1.24. The molecule has 0 bridgehead atoms. The average molecular weight is 241 g/mol. The van der Waals surface area contributed by atoms with Crippen LogP contribution >= 0.6 is 0 Å². The molecule has 0 spiro atoms. The van der Waals surface area contributed by atoms with Crippen molar-refractivity contribution in [2.45, 2.75) is 10.9 Å². The first kappa shape index (κ1) is 11.6. The van der Waals surface area contributed by atoms with Gasteiger partial charge < -0.3 is 10.1 Å². The largest absolute Gasteiger partial charge is 0.383 e. The maximum atomic E-state index is 11.8. The predicted octanol–water partition coefficient (Wildman–Crippen LogP) is 0.751. The van der Waals surface area contributed by atoms with Gasteiger partial charge in [0.05, 0.1) is 17.3 Å². The van der Waals surface area contributed by atoms with Crippen molar-refractivity contribution < 1.29 is 13.2 Å². The van der Waals surface area contributed by atoms with E-state index in [1.807, 2.05) is 12.1 Å². The molecule has 1 unspecified atom stereocenters. The Kier molecular flexibility index (Phi) is 3.28. The number of nitrogens with one attached hydrogen (secondary N) is 1. The third kappa shape index (κ3) is 2.11. The Bertz CT molecular complexity index is 470. The smallest absolute Gasteiger partial charge is 0.180 e. The molecule has 0 aliphatic carbocycles. The topological polar surface area (TPSA) is 55.4 Å². The Hall–Kier alpha value is -0.910. The molecule has 0 amide bonds. The first-order valence-electron chi connectivity index (χ1n) is 5.19. The van der Waals surface area contributed by atoms with Gasteiger partial charge in [-0.3, -0.25) is 0 Å². The van der Waals surface area contributed by atoms with Crippen LogP contribution in [0.5, 0.6) is 0 Å². The summed E-state index contributed by atoms with van der Waals surface area (Å²) >= 11 is 0. The van der Waals surface area contributed by atoms with Gasteiger partial charge in [0, 0.05) is 19.7 Å². The molecular formula is C11H15NO3S. The molecule has 1 aliphatic heterocycles. The molecule has 0 saturated carbocycles. The highest BCUT2D eigenvalue weighted by atomic mass is 32.2. The first-order valence-corrected chi connectivity index (χ1v) is 6.84. The molecule has 4 nitrogen and oxygen atoms in total. The summed E-state index contributed by atoms with van der Waals surface area (Å²) in [5.74, 6) is 0.149. The Labute approximate surface area is 95.5 Å². The standard InChI is InChI=1S/C11H15NO3S/c1-15-7-6-12-10-8-16(13,14)11-5-3-2-4-9(10)11/h2-5,10,12H,6-8H2,1H3. The summed E-state index contributed by atoms with van der Waals surface area (Å²) in [4.78, 5) is 0.463. The molecule has 1 heterocycles. The lowest BCUT2D eigenvalue weighted by molar-refractivity contribution is 0.196. The maximum absolute atomic E-state index is 11.8. The molecular weight excluding hydrogens is 226 g/mol. The van der Waals surface area contributed by atoms with Crippen LogP contribution < -0.4 is 5.32 Å². The van der Waals surface area contributed by atoms with Crippen LogP contribution in [-0.4, -0.2) is 34.4 Å². The van der Waals surface area contributed by atoms with E-state index < -0.39 is 9.84 Å². The number of benzene rings is 1. The normalized spacial score (nSPS) is 21.9. The van der Waals surface area contributed by atoms with Crippen molar-refractivity contribution in [2.75, 3.05) is 26.0 Å². The van der Waals surface area contributed by atoms with Gasteiger partial charge in [0.15, 0.2) is 9.84 Å². The van der Waals surface area contributed by atoms with Gasteiger partial charge in [-0.15, -0.1) is 0 Å². The van der Waals surface area contributed by atoms with Crippen LogP contribution in [0.15, 0.2) is 29.2 Å². The number of fused-ring (bicyclic) bond motifs is 1. The van der Waals surface area contributed by atoms with Crippen molar-refractivity contribution >= 4 is 9.84 Å². The molecule has 2 rings (SSSR count). The van der Waals surface area contributed by atoms with Gasteiger partial charge in [0.1, 0.15) is 0 Å². The van der Waals surface area contributed by atoms with Gasteiger partial charge in [-0.05, 0) is 11.6 Å². The van der Waals surface area contributed by atoms with Crippen LogP contribution in [0.25, 0.3) is 0 Å². The molecule has 1 aliphatic rings. The lowest BCUT2D eigenvalue weighted by Crippen LogP contribution is -2.26. The number of ether oxygens (including phenoxy) is 1. The summed E-state index contributed by atoms with van der Waals surface area (Å²) < 4.78 is 28.6. The van der Waals surface area contributed by atoms with E-state index in [1.54, 1.807) is 19.2 Å². The monoisotopic (exact) mass is 241 g/mol. The minimum absolute atomic E-state index is 0.101. The minimum Gasteiger partial charge on any atom is -0.383 e. The van der Waals surface area contributed by atoms with Gasteiger partial charge >= 0.3 is 0 Å². The highest BCUT2D eigenvalue weighted by Gasteiger charge is 2.33. The fourth-order valence-corrected chi connectivity index (χ4v) is 3.73. The van der Waals surface area contributed by atoms with Gasteiger partial charge in [0.25, 0.3) is 0 Å². The molecule has 1 aromatic carbocycles. The molecule has 0 fully saturated rings.